The van der Waals surface area contributed by atoms with Crippen LogP contribution in [0.4, 0.5) is 0 Å². The molecule has 0 aromatic rings. The fourth-order valence-corrected chi connectivity index (χ4v) is 2.52. The number of ether oxygens (including phenoxy) is 2. The van der Waals surface area contributed by atoms with Crippen molar-refractivity contribution in [2.45, 2.75) is 77.3 Å². The van der Waals surface area contributed by atoms with E-state index in [1.54, 1.807) is 27.7 Å². The monoisotopic (exact) mass is 548 g/mol. The molecule has 0 radical (unpaired) electrons. The second-order valence-corrected chi connectivity index (χ2v) is 9.13. The summed E-state index contributed by atoms with van der Waals surface area (Å²) in [6.07, 6.45) is 2.66. The Kier molecular flexibility index (Phi) is 18.8. The van der Waals surface area contributed by atoms with Gasteiger partial charge >= 0.3 is 11.9 Å². The number of carbonyl (C=O) groups is 2. The van der Waals surface area contributed by atoms with Gasteiger partial charge in [-0.15, -0.1) is 0 Å². The predicted molar refractivity (Wildman–Crippen MR) is 141 cm³/mol. The first-order chi connectivity index (χ1) is 18.5. The van der Waals surface area contributed by atoms with Gasteiger partial charge in [0.05, 0.1) is 57.8 Å². The Labute approximate surface area is 230 Å². The van der Waals surface area contributed by atoms with Gasteiger partial charge in [-0.05, 0) is 53.4 Å². The van der Waals surface area contributed by atoms with E-state index in [0.29, 0.717) is 49.7 Å². The molecule has 0 heterocycles. The van der Waals surface area contributed by atoms with Crippen molar-refractivity contribution in [3.63, 3.8) is 0 Å². The molecule has 0 rings (SSSR count). The van der Waals surface area contributed by atoms with Crippen molar-refractivity contribution < 1.29 is 38.6 Å². The highest BCUT2D eigenvalue weighted by atomic mass is 17.2. The molecule has 2 atom stereocenters. The zero-order chi connectivity index (χ0) is 29.6. The lowest BCUT2D eigenvalue weighted by Crippen LogP contribution is -2.22. The van der Waals surface area contributed by atoms with E-state index >= 15 is 0 Å². The van der Waals surface area contributed by atoms with E-state index in [9.17, 15) is 20.1 Å². The lowest BCUT2D eigenvalue weighted by Gasteiger charge is -2.16. The predicted octanol–water partition coefficient (Wildman–Crippen LogP) is 4.20. The van der Waals surface area contributed by atoms with E-state index in [2.05, 4.69) is 41.3 Å². The zero-order valence-electron chi connectivity index (χ0n) is 23.5. The van der Waals surface area contributed by atoms with Gasteiger partial charge < -0.3 is 9.47 Å². The Bertz CT molecular complexity index is 876. The molecule has 0 aromatic carbocycles. The van der Waals surface area contributed by atoms with Gasteiger partial charge in [-0.3, -0.25) is 0 Å². The molecule has 0 fully saturated rings. The summed E-state index contributed by atoms with van der Waals surface area (Å²) in [5.41, 5.74) is -1.50. The van der Waals surface area contributed by atoms with E-state index in [1.165, 1.54) is 0 Å². The molecular weight excluding hydrogens is 508 g/mol. The maximum atomic E-state index is 11.2. The fourth-order valence-electron chi connectivity index (χ4n) is 2.52. The van der Waals surface area contributed by atoms with Gasteiger partial charge in [0.1, 0.15) is 0 Å². The van der Waals surface area contributed by atoms with Crippen molar-refractivity contribution in [2.24, 2.45) is 9.98 Å². The van der Waals surface area contributed by atoms with Crippen molar-refractivity contribution in [2.75, 3.05) is 39.6 Å². The summed E-state index contributed by atoms with van der Waals surface area (Å²) in [6.45, 7) is 14.8. The van der Waals surface area contributed by atoms with E-state index in [0.717, 1.165) is 0 Å². The van der Waals surface area contributed by atoms with Crippen LogP contribution < -0.4 is 0 Å². The number of hydrogen-bond acceptors (Lipinski definition) is 12. The summed E-state index contributed by atoms with van der Waals surface area (Å²) >= 11 is 0. The molecular formula is C27H40N4O8. The van der Waals surface area contributed by atoms with Crippen molar-refractivity contribution in [1.29, 1.82) is 10.5 Å². The topological polar surface area (TPSA) is 162 Å². The second kappa shape index (κ2) is 20.6. The normalized spacial score (nSPS) is 13.4. The van der Waals surface area contributed by atoms with Gasteiger partial charge in [-0.1, -0.05) is 13.2 Å². The van der Waals surface area contributed by atoms with Gasteiger partial charge in [-0.25, -0.2) is 39.1 Å². The van der Waals surface area contributed by atoms with Crippen LogP contribution in [-0.2, 0) is 38.6 Å². The van der Waals surface area contributed by atoms with Crippen molar-refractivity contribution in [1.82, 2.24) is 0 Å². The summed E-state index contributed by atoms with van der Waals surface area (Å²) in [4.78, 5) is 50.9. The summed E-state index contributed by atoms with van der Waals surface area (Å²) < 4.78 is 9.87. The molecule has 0 saturated heterocycles. The van der Waals surface area contributed by atoms with Crippen LogP contribution in [0.5, 0.6) is 0 Å². The maximum absolute atomic E-state index is 11.2. The van der Waals surface area contributed by atoms with E-state index in [-0.39, 0.29) is 39.6 Å². The van der Waals surface area contributed by atoms with Gasteiger partial charge in [0.15, 0.2) is 11.1 Å². The number of esters is 2. The van der Waals surface area contributed by atoms with Gasteiger partial charge in [-0.2, -0.15) is 10.5 Å². The third-order valence-electron chi connectivity index (χ3n) is 4.93. The van der Waals surface area contributed by atoms with Crippen LogP contribution in [0.1, 0.15) is 66.2 Å². The Morgan fingerprint density at radius 2 is 1.00 bits per heavy atom. The van der Waals surface area contributed by atoms with Gasteiger partial charge in [0.2, 0.25) is 0 Å². The quantitative estimate of drug-likeness (QED) is 0.0478. The molecule has 0 saturated carbocycles. The van der Waals surface area contributed by atoms with Crippen molar-refractivity contribution in [3.05, 3.63) is 24.3 Å². The van der Waals surface area contributed by atoms with E-state index in [4.69, 9.17) is 29.0 Å². The number of rotatable bonds is 22. The minimum Gasteiger partial charge on any atom is -0.462 e. The van der Waals surface area contributed by atoms with Crippen molar-refractivity contribution in [3.8, 4) is 12.1 Å². The van der Waals surface area contributed by atoms with E-state index < -0.39 is 23.0 Å². The highest BCUT2D eigenvalue weighted by Crippen LogP contribution is 2.18. The smallest absolute Gasteiger partial charge is 0.333 e. The summed E-state index contributed by atoms with van der Waals surface area (Å²) in [5.74, 6) is -0.892. The molecule has 12 nitrogen and oxygen atoms in total. The SMILES string of the molecule is C=C(C)C(=O)OCCCOOCCCC(C)(C#N)N=C=NC(C)(C#N)CCCOOCCCOC(=O)C(=C)C. The van der Waals surface area contributed by atoms with Crippen LogP contribution in [0.15, 0.2) is 34.3 Å². The first kappa shape index (κ1) is 35.6. The number of aliphatic imine (C=N–C) groups is 2. The molecule has 216 valence electrons. The molecule has 0 aromatic heterocycles. The fraction of sp³-hybridized carbons (Fsp3) is 0.667. The molecule has 2 unspecified atom stereocenters. The molecule has 0 aliphatic carbocycles. The molecule has 0 amide bonds. The van der Waals surface area contributed by atoms with E-state index in [1.807, 2.05) is 0 Å². The Balaban J connectivity index is 4.22. The number of nitrogens with zero attached hydrogens (tertiary/aromatic N) is 4. The summed E-state index contributed by atoms with van der Waals surface area (Å²) in [7, 11) is 0. The zero-order valence-corrected chi connectivity index (χ0v) is 23.5. The van der Waals surface area contributed by atoms with Crippen LogP contribution in [0.25, 0.3) is 0 Å². The second-order valence-electron chi connectivity index (χ2n) is 9.13. The van der Waals surface area contributed by atoms with Crippen LogP contribution in [0.2, 0.25) is 0 Å². The molecule has 0 aliphatic heterocycles. The third kappa shape index (κ3) is 18.5. The first-order valence-electron chi connectivity index (χ1n) is 12.6. The Morgan fingerprint density at radius 1 is 0.667 bits per heavy atom. The molecule has 0 N–H and O–H groups in total. The van der Waals surface area contributed by atoms with Crippen molar-refractivity contribution >= 4 is 17.9 Å². The highest BCUT2D eigenvalue weighted by Gasteiger charge is 2.24. The molecule has 39 heavy (non-hydrogen) atoms. The first-order valence-corrected chi connectivity index (χ1v) is 12.6. The Hall–Kier alpha value is -3.38. The van der Waals surface area contributed by atoms with Crippen LogP contribution in [-0.4, -0.2) is 68.7 Å². The van der Waals surface area contributed by atoms with Crippen LogP contribution in [0, 0.1) is 22.7 Å². The third-order valence-corrected chi connectivity index (χ3v) is 4.93. The van der Waals surface area contributed by atoms with Gasteiger partial charge in [0.25, 0.3) is 0 Å². The minimum absolute atomic E-state index is 0.203. The summed E-state index contributed by atoms with van der Waals surface area (Å²) in [5, 5.41) is 19.0. The lowest BCUT2D eigenvalue weighted by molar-refractivity contribution is -0.296. The summed E-state index contributed by atoms with van der Waals surface area (Å²) in [6, 6.07) is 6.76. The van der Waals surface area contributed by atoms with Gasteiger partial charge in [0, 0.05) is 24.0 Å². The van der Waals surface area contributed by atoms with Crippen LogP contribution in [0.3, 0.4) is 0 Å². The standard InChI is InChI=1S/C27H40N4O8/c1-22(2)24(32)34-13-9-17-38-36-15-7-11-26(5,19-28)30-21-31-27(6,20-29)12-8-16-37-39-18-10-14-35-25(33)23(3)4/h1,3,7-18H2,2,4-6H3. The average Bonchev–Trinajstić information content (AvgIpc) is 2.90. The largest absolute Gasteiger partial charge is 0.462 e. The molecule has 0 aliphatic rings. The average molecular weight is 549 g/mol. The Morgan fingerprint density at radius 3 is 1.31 bits per heavy atom. The molecule has 0 bridgehead atoms. The van der Waals surface area contributed by atoms with Crippen LogP contribution >= 0.6 is 0 Å². The molecule has 12 heteroatoms. The number of hydrogen-bond donors (Lipinski definition) is 0. The maximum Gasteiger partial charge on any atom is 0.333 e. The highest BCUT2D eigenvalue weighted by molar-refractivity contribution is 5.87. The lowest BCUT2D eigenvalue weighted by atomic mass is 9.98. The minimum atomic E-state index is -1.09. The molecule has 0 spiro atoms. The number of carbonyl (C=O) groups excluding carboxylic acids is 2. The number of nitriles is 2.